The van der Waals surface area contributed by atoms with Crippen molar-refractivity contribution in [2.45, 2.75) is 13.8 Å². The first-order valence-corrected chi connectivity index (χ1v) is 5.36. The van der Waals surface area contributed by atoms with Crippen molar-refractivity contribution in [2.75, 3.05) is 5.32 Å². The van der Waals surface area contributed by atoms with E-state index < -0.39 is 0 Å². The molecule has 0 atom stereocenters. The summed E-state index contributed by atoms with van der Waals surface area (Å²) >= 11 is 0. The van der Waals surface area contributed by atoms with Crippen molar-refractivity contribution in [3.05, 3.63) is 60.3 Å². The average Bonchev–Trinajstić information content (AvgIpc) is 2.33. The molecule has 0 aromatic carbocycles. The van der Waals surface area contributed by atoms with Gasteiger partial charge >= 0.3 is 0 Å². The maximum Gasteiger partial charge on any atom is 0.256 e. The highest BCUT2D eigenvalue weighted by molar-refractivity contribution is 6.05. The molecule has 0 unspecified atom stereocenters. The second kappa shape index (κ2) is 6.43. The Morgan fingerprint density at radius 2 is 2.24 bits per heavy atom. The predicted octanol–water partition coefficient (Wildman–Crippen LogP) is 3.02. The molecule has 17 heavy (non-hydrogen) atoms. The Morgan fingerprint density at radius 3 is 2.76 bits per heavy atom. The van der Waals surface area contributed by atoms with Crippen LogP contribution in [0.3, 0.4) is 0 Å². The van der Waals surface area contributed by atoms with Gasteiger partial charge in [0.25, 0.3) is 5.91 Å². The summed E-state index contributed by atoms with van der Waals surface area (Å²) in [6.07, 6.45) is 8.50. The Hall–Kier alpha value is -2.16. The second-order valence-electron chi connectivity index (χ2n) is 3.51. The highest BCUT2D eigenvalue weighted by Gasteiger charge is 2.05. The number of hydrogen-bond acceptors (Lipinski definition) is 2. The SMILES string of the molecule is C=C/C=C\C(=C/C)C(=O)Nc1ccc(C)cn1. The van der Waals surface area contributed by atoms with Crippen LogP contribution in [-0.2, 0) is 4.79 Å². The van der Waals surface area contributed by atoms with E-state index in [0.717, 1.165) is 5.56 Å². The van der Waals surface area contributed by atoms with Crippen LogP contribution >= 0.6 is 0 Å². The summed E-state index contributed by atoms with van der Waals surface area (Å²) in [6, 6.07) is 3.68. The third kappa shape index (κ3) is 4.07. The molecule has 0 fully saturated rings. The van der Waals surface area contributed by atoms with Crippen molar-refractivity contribution in [3.8, 4) is 0 Å². The summed E-state index contributed by atoms with van der Waals surface area (Å²) in [5.41, 5.74) is 1.63. The third-order valence-corrected chi connectivity index (χ3v) is 2.14. The van der Waals surface area contributed by atoms with Crippen LogP contribution in [0.25, 0.3) is 0 Å². The molecule has 3 heteroatoms. The molecule has 0 aliphatic heterocycles. The zero-order chi connectivity index (χ0) is 12.7. The number of nitrogens with zero attached hydrogens (tertiary/aromatic N) is 1. The minimum absolute atomic E-state index is 0.179. The summed E-state index contributed by atoms with van der Waals surface area (Å²) in [5, 5.41) is 2.73. The summed E-state index contributed by atoms with van der Waals surface area (Å²) in [7, 11) is 0. The van der Waals surface area contributed by atoms with Crippen molar-refractivity contribution >= 4 is 11.7 Å². The minimum Gasteiger partial charge on any atom is -0.307 e. The van der Waals surface area contributed by atoms with Gasteiger partial charge in [0.15, 0.2) is 0 Å². The van der Waals surface area contributed by atoms with Crippen LogP contribution in [-0.4, -0.2) is 10.9 Å². The van der Waals surface area contributed by atoms with Gasteiger partial charge in [0, 0.05) is 11.8 Å². The second-order valence-corrected chi connectivity index (χ2v) is 3.51. The monoisotopic (exact) mass is 228 g/mol. The van der Waals surface area contributed by atoms with Crippen LogP contribution in [0.2, 0.25) is 0 Å². The van der Waals surface area contributed by atoms with Gasteiger partial charge in [-0.15, -0.1) is 0 Å². The van der Waals surface area contributed by atoms with E-state index in [-0.39, 0.29) is 5.91 Å². The third-order valence-electron chi connectivity index (χ3n) is 2.14. The highest BCUT2D eigenvalue weighted by Crippen LogP contribution is 2.07. The maximum atomic E-state index is 11.8. The van der Waals surface area contributed by atoms with E-state index in [1.165, 1.54) is 0 Å². The lowest BCUT2D eigenvalue weighted by Crippen LogP contribution is -2.14. The number of pyridine rings is 1. The first-order valence-electron chi connectivity index (χ1n) is 5.36. The van der Waals surface area contributed by atoms with Gasteiger partial charge < -0.3 is 5.32 Å². The molecule has 0 saturated heterocycles. The van der Waals surface area contributed by atoms with Gasteiger partial charge in [-0.05, 0) is 31.6 Å². The largest absolute Gasteiger partial charge is 0.307 e. The topological polar surface area (TPSA) is 42.0 Å². The molecule has 1 rings (SSSR count). The summed E-state index contributed by atoms with van der Waals surface area (Å²) in [6.45, 7) is 7.32. The number of carbonyl (C=O) groups is 1. The van der Waals surface area contributed by atoms with Crippen molar-refractivity contribution in [3.63, 3.8) is 0 Å². The molecule has 0 radical (unpaired) electrons. The molecule has 0 aliphatic rings. The Bertz CT molecular complexity index is 456. The van der Waals surface area contributed by atoms with Crippen molar-refractivity contribution in [1.82, 2.24) is 4.98 Å². The number of aromatic nitrogens is 1. The number of aryl methyl sites for hydroxylation is 1. The van der Waals surface area contributed by atoms with Crippen LogP contribution < -0.4 is 5.32 Å². The summed E-state index contributed by atoms with van der Waals surface area (Å²) in [4.78, 5) is 15.9. The lowest BCUT2D eigenvalue weighted by Gasteiger charge is -2.04. The molecule has 0 spiro atoms. The van der Waals surface area contributed by atoms with E-state index in [1.54, 1.807) is 36.6 Å². The van der Waals surface area contributed by atoms with Crippen LogP contribution in [0.5, 0.6) is 0 Å². The standard InChI is InChI=1S/C14H16N2O/c1-4-6-7-12(5-2)14(17)16-13-9-8-11(3)10-15-13/h4-10H,1H2,2-3H3,(H,15,16,17)/b7-6-,12-5+. The molecule has 0 saturated carbocycles. The van der Waals surface area contributed by atoms with Crippen molar-refractivity contribution in [1.29, 1.82) is 0 Å². The zero-order valence-electron chi connectivity index (χ0n) is 10.1. The van der Waals surface area contributed by atoms with E-state index in [0.29, 0.717) is 11.4 Å². The van der Waals surface area contributed by atoms with E-state index in [2.05, 4.69) is 16.9 Å². The number of carbonyl (C=O) groups excluding carboxylic acids is 1. The average molecular weight is 228 g/mol. The molecule has 0 bridgehead atoms. The number of amides is 1. The van der Waals surface area contributed by atoms with Gasteiger partial charge in [-0.3, -0.25) is 4.79 Å². The quantitative estimate of drug-likeness (QED) is 0.635. The molecule has 88 valence electrons. The Labute approximate surface area is 102 Å². The Morgan fingerprint density at radius 1 is 1.47 bits per heavy atom. The van der Waals surface area contributed by atoms with Crippen molar-refractivity contribution in [2.24, 2.45) is 0 Å². The van der Waals surface area contributed by atoms with Crippen LogP contribution in [0.4, 0.5) is 5.82 Å². The summed E-state index contributed by atoms with van der Waals surface area (Å²) in [5.74, 6) is 0.369. The molecule has 1 N–H and O–H groups in total. The molecular formula is C14H16N2O. The van der Waals surface area contributed by atoms with Gasteiger partial charge in [-0.2, -0.15) is 0 Å². The number of anilines is 1. The predicted molar refractivity (Wildman–Crippen MR) is 70.7 cm³/mol. The minimum atomic E-state index is -0.179. The smallest absolute Gasteiger partial charge is 0.256 e. The molecule has 1 aromatic rings. The lowest BCUT2D eigenvalue weighted by atomic mass is 10.2. The fourth-order valence-electron chi connectivity index (χ4n) is 1.20. The van der Waals surface area contributed by atoms with E-state index in [1.807, 2.05) is 19.9 Å². The van der Waals surface area contributed by atoms with Gasteiger partial charge in [0.1, 0.15) is 5.82 Å². The first kappa shape index (κ1) is 12.9. The van der Waals surface area contributed by atoms with Gasteiger partial charge in [0.05, 0.1) is 0 Å². The highest BCUT2D eigenvalue weighted by atomic mass is 16.1. The summed E-state index contributed by atoms with van der Waals surface area (Å²) < 4.78 is 0. The van der Waals surface area contributed by atoms with Crippen LogP contribution in [0.1, 0.15) is 12.5 Å². The molecule has 1 aromatic heterocycles. The van der Waals surface area contributed by atoms with E-state index >= 15 is 0 Å². The number of hydrogen-bond donors (Lipinski definition) is 1. The van der Waals surface area contributed by atoms with Gasteiger partial charge in [-0.25, -0.2) is 4.98 Å². The number of allylic oxidation sites excluding steroid dienone is 3. The molecule has 3 nitrogen and oxygen atoms in total. The Balaban J connectivity index is 2.74. The number of rotatable bonds is 4. The number of nitrogens with one attached hydrogen (secondary N) is 1. The van der Waals surface area contributed by atoms with Gasteiger partial charge in [-0.1, -0.05) is 30.9 Å². The molecule has 0 aliphatic carbocycles. The van der Waals surface area contributed by atoms with Crippen LogP contribution in [0, 0.1) is 6.92 Å². The van der Waals surface area contributed by atoms with E-state index in [4.69, 9.17) is 0 Å². The molecular weight excluding hydrogens is 212 g/mol. The van der Waals surface area contributed by atoms with Gasteiger partial charge in [0.2, 0.25) is 0 Å². The maximum absolute atomic E-state index is 11.8. The zero-order valence-corrected chi connectivity index (χ0v) is 10.1. The van der Waals surface area contributed by atoms with Crippen LogP contribution in [0.15, 0.2) is 54.8 Å². The normalized spacial score (nSPS) is 11.5. The van der Waals surface area contributed by atoms with Crippen molar-refractivity contribution < 1.29 is 4.79 Å². The first-order chi connectivity index (χ1) is 8.17. The lowest BCUT2D eigenvalue weighted by molar-refractivity contribution is -0.112. The molecule has 1 heterocycles. The van der Waals surface area contributed by atoms with E-state index in [9.17, 15) is 4.79 Å². The Kier molecular flexibility index (Phi) is 4.88. The molecule has 1 amide bonds. The fourth-order valence-corrected chi connectivity index (χ4v) is 1.20. The fraction of sp³-hybridized carbons (Fsp3) is 0.143.